The Morgan fingerprint density at radius 3 is 2.70 bits per heavy atom. The van der Waals surface area contributed by atoms with Gasteiger partial charge in [-0.1, -0.05) is 30.3 Å². The van der Waals surface area contributed by atoms with Gasteiger partial charge in [-0.3, -0.25) is 4.98 Å². The van der Waals surface area contributed by atoms with Crippen molar-refractivity contribution in [3.63, 3.8) is 0 Å². The lowest BCUT2D eigenvalue weighted by atomic mass is 9.88. The second kappa shape index (κ2) is 5.10. The first kappa shape index (κ1) is 12.9. The Morgan fingerprint density at radius 2 is 1.95 bits per heavy atom. The Hall–Kier alpha value is -2.13. The smallest absolute Gasteiger partial charge is 0.0681 e. The summed E-state index contributed by atoms with van der Waals surface area (Å²) < 4.78 is 2.29. The van der Waals surface area contributed by atoms with Gasteiger partial charge >= 0.3 is 0 Å². The molecule has 0 aliphatic heterocycles. The van der Waals surface area contributed by atoms with Crippen LogP contribution in [0.4, 0.5) is 0 Å². The van der Waals surface area contributed by atoms with Crippen LogP contribution in [0.25, 0.3) is 10.9 Å². The van der Waals surface area contributed by atoms with Crippen LogP contribution in [0.3, 0.4) is 0 Å². The van der Waals surface area contributed by atoms with Crippen molar-refractivity contribution in [2.24, 2.45) is 5.73 Å². The second-order valence-electron chi connectivity index (χ2n) is 5.30. The molecule has 0 spiro atoms. The van der Waals surface area contributed by atoms with Crippen LogP contribution >= 0.6 is 0 Å². The van der Waals surface area contributed by atoms with Crippen molar-refractivity contribution in [2.45, 2.75) is 18.9 Å². The fraction of sp³-hybridized carbons (Fsp3) is 0.235. The number of nitrogens with two attached hydrogens (primary N) is 1. The summed E-state index contributed by atoms with van der Waals surface area (Å²) in [6.07, 6.45) is 6.77. The number of hydrogen-bond acceptors (Lipinski definition) is 2. The summed E-state index contributed by atoms with van der Waals surface area (Å²) in [6.45, 7) is 2.88. The maximum absolute atomic E-state index is 5.87. The van der Waals surface area contributed by atoms with Crippen molar-refractivity contribution in [1.82, 2.24) is 9.55 Å². The van der Waals surface area contributed by atoms with Gasteiger partial charge in [0.05, 0.1) is 17.3 Å². The second-order valence-corrected chi connectivity index (χ2v) is 5.30. The van der Waals surface area contributed by atoms with Crippen LogP contribution in [-0.4, -0.2) is 16.1 Å². The van der Waals surface area contributed by atoms with Gasteiger partial charge in [-0.2, -0.15) is 0 Å². The SMILES string of the molecule is CC(CCN)(c1ccccc1)n1ccc2ccncc21. The molecule has 0 aliphatic carbocycles. The third-order valence-corrected chi connectivity index (χ3v) is 4.05. The maximum Gasteiger partial charge on any atom is 0.0681 e. The van der Waals surface area contributed by atoms with E-state index in [0.29, 0.717) is 6.54 Å². The number of hydrogen-bond donors (Lipinski definition) is 1. The monoisotopic (exact) mass is 265 g/mol. The van der Waals surface area contributed by atoms with Crippen molar-refractivity contribution in [3.8, 4) is 0 Å². The molecular formula is C17H19N3. The molecule has 0 aliphatic rings. The van der Waals surface area contributed by atoms with Crippen molar-refractivity contribution >= 4 is 10.9 Å². The zero-order valence-corrected chi connectivity index (χ0v) is 11.7. The highest BCUT2D eigenvalue weighted by Gasteiger charge is 2.28. The Bertz CT molecular complexity index is 702. The number of rotatable bonds is 4. The van der Waals surface area contributed by atoms with Gasteiger partial charge in [-0.05, 0) is 37.6 Å². The van der Waals surface area contributed by atoms with Crippen LogP contribution in [0.5, 0.6) is 0 Å². The van der Waals surface area contributed by atoms with Crippen LogP contribution in [0.1, 0.15) is 18.9 Å². The molecular weight excluding hydrogens is 246 g/mol. The molecule has 3 aromatic rings. The maximum atomic E-state index is 5.87. The molecule has 3 nitrogen and oxygen atoms in total. The molecule has 3 rings (SSSR count). The molecule has 2 aromatic heterocycles. The minimum atomic E-state index is -0.152. The summed E-state index contributed by atoms with van der Waals surface area (Å²) in [4.78, 5) is 4.26. The fourth-order valence-electron chi connectivity index (χ4n) is 2.89. The van der Waals surface area contributed by atoms with Gasteiger partial charge in [0.15, 0.2) is 0 Å². The molecule has 0 bridgehead atoms. The molecule has 0 amide bonds. The topological polar surface area (TPSA) is 43.8 Å². The highest BCUT2D eigenvalue weighted by molar-refractivity contribution is 5.79. The highest BCUT2D eigenvalue weighted by Crippen LogP contribution is 2.32. The van der Waals surface area contributed by atoms with Gasteiger partial charge in [0, 0.05) is 17.8 Å². The third-order valence-electron chi connectivity index (χ3n) is 4.05. The molecule has 0 saturated heterocycles. The Morgan fingerprint density at radius 1 is 1.15 bits per heavy atom. The van der Waals surface area contributed by atoms with Gasteiger partial charge in [0.25, 0.3) is 0 Å². The molecule has 102 valence electrons. The minimum absolute atomic E-state index is 0.152. The van der Waals surface area contributed by atoms with Crippen LogP contribution < -0.4 is 5.73 Å². The van der Waals surface area contributed by atoms with Crippen molar-refractivity contribution in [1.29, 1.82) is 0 Å². The zero-order valence-electron chi connectivity index (χ0n) is 11.7. The predicted molar refractivity (Wildman–Crippen MR) is 82.6 cm³/mol. The first-order valence-corrected chi connectivity index (χ1v) is 6.93. The Balaban J connectivity index is 2.20. The summed E-state index contributed by atoms with van der Waals surface area (Å²) >= 11 is 0. The summed E-state index contributed by atoms with van der Waals surface area (Å²) in [5.74, 6) is 0. The van der Waals surface area contributed by atoms with E-state index in [1.165, 1.54) is 10.9 Å². The molecule has 1 aromatic carbocycles. The van der Waals surface area contributed by atoms with Gasteiger partial charge in [-0.25, -0.2) is 0 Å². The van der Waals surface area contributed by atoms with E-state index in [4.69, 9.17) is 5.73 Å². The molecule has 0 radical (unpaired) electrons. The average Bonchev–Trinajstić information content (AvgIpc) is 2.93. The zero-order chi connectivity index (χ0) is 14.0. The summed E-state index contributed by atoms with van der Waals surface area (Å²) in [7, 11) is 0. The fourth-order valence-corrected chi connectivity index (χ4v) is 2.89. The molecule has 2 N–H and O–H groups in total. The van der Waals surface area contributed by atoms with Crippen LogP contribution in [0, 0.1) is 0 Å². The molecule has 2 heterocycles. The van der Waals surface area contributed by atoms with Gasteiger partial charge in [0.2, 0.25) is 0 Å². The standard InChI is InChI=1S/C17H19N3/c1-17(9-10-18,15-5-3-2-4-6-15)20-12-8-14-7-11-19-13-16(14)20/h2-8,11-13H,9-10,18H2,1H3. The van der Waals surface area contributed by atoms with Crippen LogP contribution in [-0.2, 0) is 5.54 Å². The summed E-state index contributed by atoms with van der Waals surface area (Å²) in [6, 6.07) is 14.7. The minimum Gasteiger partial charge on any atom is -0.336 e. The molecule has 3 heteroatoms. The van der Waals surface area contributed by atoms with Crippen molar-refractivity contribution in [3.05, 3.63) is 66.6 Å². The third kappa shape index (κ3) is 2.00. The lowest BCUT2D eigenvalue weighted by Gasteiger charge is -2.33. The van der Waals surface area contributed by atoms with E-state index in [9.17, 15) is 0 Å². The molecule has 1 unspecified atom stereocenters. The number of benzene rings is 1. The van der Waals surface area contributed by atoms with Crippen molar-refractivity contribution < 1.29 is 0 Å². The molecule has 0 fully saturated rings. The molecule has 1 atom stereocenters. The number of fused-ring (bicyclic) bond motifs is 1. The van der Waals surface area contributed by atoms with E-state index in [1.807, 2.05) is 24.5 Å². The van der Waals surface area contributed by atoms with Gasteiger partial charge in [-0.15, -0.1) is 0 Å². The van der Waals surface area contributed by atoms with E-state index >= 15 is 0 Å². The quantitative estimate of drug-likeness (QED) is 0.787. The van der Waals surface area contributed by atoms with E-state index in [1.54, 1.807) is 0 Å². The van der Waals surface area contributed by atoms with Crippen LogP contribution in [0.15, 0.2) is 61.1 Å². The van der Waals surface area contributed by atoms with E-state index in [2.05, 4.69) is 53.0 Å². The van der Waals surface area contributed by atoms with Crippen LogP contribution in [0.2, 0.25) is 0 Å². The first-order valence-electron chi connectivity index (χ1n) is 6.93. The highest BCUT2D eigenvalue weighted by atomic mass is 15.1. The lowest BCUT2D eigenvalue weighted by Crippen LogP contribution is -2.33. The van der Waals surface area contributed by atoms with E-state index in [0.717, 1.165) is 11.9 Å². The predicted octanol–water partition coefficient (Wildman–Crippen LogP) is 3.15. The number of pyridine rings is 1. The van der Waals surface area contributed by atoms with Gasteiger partial charge < -0.3 is 10.3 Å². The first-order chi connectivity index (χ1) is 9.75. The Labute approximate surface area is 119 Å². The van der Waals surface area contributed by atoms with Crippen molar-refractivity contribution in [2.75, 3.05) is 6.54 Å². The van der Waals surface area contributed by atoms with E-state index < -0.39 is 0 Å². The van der Waals surface area contributed by atoms with E-state index in [-0.39, 0.29) is 5.54 Å². The number of nitrogens with zero attached hydrogens (tertiary/aromatic N) is 2. The summed E-state index contributed by atoms with van der Waals surface area (Å²) in [5, 5.41) is 1.21. The summed E-state index contributed by atoms with van der Waals surface area (Å²) in [5.41, 5.74) is 8.14. The lowest BCUT2D eigenvalue weighted by molar-refractivity contribution is 0.380. The largest absolute Gasteiger partial charge is 0.336 e. The van der Waals surface area contributed by atoms with Gasteiger partial charge in [0.1, 0.15) is 0 Å². The Kier molecular flexibility index (Phi) is 3.28. The number of aromatic nitrogens is 2. The average molecular weight is 265 g/mol. The molecule has 20 heavy (non-hydrogen) atoms. The normalized spacial score (nSPS) is 14.3. The molecule has 0 saturated carbocycles.